The van der Waals surface area contributed by atoms with Gasteiger partial charge in [-0.3, -0.25) is 14.8 Å². The number of methoxy groups -OCH3 is 1. The lowest BCUT2D eigenvalue weighted by atomic mass is 10.1. The zero-order valence-corrected chi connectivity index (χ0v) is 20.2. The van der Waals surface area contributed by atoms with Crippen molar-refractivity contribution in [3.63, 3.8) is 0 Å². The van der Waals surface area contributed by atoms with E-state index in [0.717, 1.165) is 33.1 Å². The first-order valence-electron chi connectivity index (χ1n) is 11.6. The van der Waals surface area contributed by atoms with Crippen molar-refractivity contribution in [2.24, 2.45) is 0 Å². The highest BCUT2D eigenvalue weighted by molar-refractivity contribution is 5.94. The Morgan fingerprint density at radius 3 is 2.81 bits per heavy atom. The minimum Gasteiger partial charge on any atom is -0.383 e. The Morgan fingerprint density at radius 2 is 1.92 bits per heavy atom. The number of nitrogens with zero attached hydrogens (tertiary/aromatic N) is 4. The lowest BCUT2D eigenvalue weighted by molar-refractivity contribution is -0.117. The van der Waals surface area contributed by atoms with Gasteiger partial charge in [-0.25, -0.2) is 9.97 Å². The van der Waals surface area contributed by atoms with E-state index in [9.17, 15) is 4.79 Å². The Bertz CT molecular complexity index is 1510. The van der Waals surface area contributed by atoms with Crippen LogP contribution in [0.1, 0.15) is 0 Å². The number of carbonyl (C=O) groups excluding carboxylic acids is 1. The maximum absolute atomic E-state index is 12.5. The highest BCUT2D eigenvalue weighted by Gasteiger charge is 2.12. The number of amides is 1. The first-order valence-corrected chi connectivity index (χ1v) is 11.6. The van der Waals surface area contributed by atoms with Gasteiger partial charge in [0.05, 0.1) is 30.4 Å². The maximum atomic E-state index is 12.5. The molecule has 5 aromatic rings. The van der Waals surface area contributed by atoms with Gasteiger partial charge in [0.15, 0.2) is 5.82 Å². The van der Waals surface area contributed by atoms with Crippen LogP contribution in [0.2, 0.25) is 0 Å². The topological polar surface area (TPSA) is 108 Å². The van der Waals surface area contributed by atoms with Crippen LogP contribution in [0.15, 0.2) is 72.9 Å². The molecule has 0 spiro atoms. The summed E-state index contributed by atoms with van der Waals surface area (Å²) in [5, 5.41) is 15.4. The van der Waals surface area contributed by atoms with Crippen molar-refractivity contribution in [2.45, 2.75) is 0 Å². The second-order valence-corrected chi connectivity index (χ2v) is 8.57. The molecule has 3 N–H and O–H groups in total. The fourth-order valence-electron chi connectivity index (χ4n) is 3.97. The van der Waals surface area contributed by atoms with Crippen LogP contribution in [0, 0.1) is 0 Å². The van der Waals surface area contributed by atoms with Gasteiger partial charge in [-0.15, -0.1) is 0 Å². The fraction of sp³-hybridized carbons (Fsp3) is 0.185. The normalized spacial score (nSPS) is 11.3. The zero-order chi connectivity index (χ0) is 24.9. The molecule has 0 unspecified atom stereocenters. The number of aromatic amines is 1. The third kappa shape index (κ3) is 5.32. The van der Waals surface area contributed by atoms with Gasteiger partial charge >= 0.3 is 0 Å². The Kier molecular flexibility index (Phi) is 6.83. The zero-order valence-electron chi connectivity index (χ0n) is 20.2. The van der Waals surface area contributed by atoms with E-state index in [-0.39, 0.29) is 12.5 Å². The molecule has 1 amide bonds. The van der Waals surface area contributed by atoms with E-state index < -0.39 is 0 Å². The standard InChI is InChI=1S/C27H27N7O2/c1-34(12-13-36-2)17-25(35)29-20-7-5-6-18(14-20)26-31-24-9-4-3-8-22(24)27(32-26)30-21-10-11-23-19(15-21)16-28-33-23/h3-11,14-16H,12-13,17H2,1-2H3,(H,28,33)(H,29,35)(H,30,31,32). The molecular formula is C27H27N7O2. The lowest BCUT2D eigenvalue weighted by Crippen LogP contribution is -2.32. The van der Waals surface area contributed by atoms with Crippen molar-refractivity contribution in [3.8, 4) is 11.4 Å². The average molecular weight is 482 g/mol. The molecule has 0 atom stereocenters. The molecule has 0 fully saturated rings. The molecule has 0 aliphatic rings. The molecule has 2 aromatic heterocycles. The number of likely N-dealkylation sites (N-methyl/N-ethyl adjacent to an activating group) is 1. The van der Waals surface area contributed by atoms with Crippen LogP contribution < -0.4 is 10.6 Å². The van der Waals surface area contributed by atoms with Gasteiger partial charge in [-0.05, 0) is 49.5 Å². The molecule has 3 aromatic carbocycles. The van der Waals surface area contributed by atoms with Crippen molar-refractivity contribution in [1.29, 1.82) is 0 Å². The summed E-state index contributed by atoms with van der Waals surface area (Å²) in [6.07, 6.45) is 1.79. The van der Waals surface area contributed by atoms with Crippen molar-refractivity contribution in [2.75, 3.05) is 44.5 Å². The van der Waals surface area contributed by atoms with Gasteiger partial charge < -0.3 is 15.4 Å². The molecule has 36 heavy (non-hydrogen) atoms. The number of carbonyl (C=O) groups is 1. The summed E-state index contributed by atoms with van der Waals surface area (Å²) in [7, 11) is 3.53. The van der Waals surface area contributed by atoms with E-state index in [0.29, 0.717) is 30.5 Å². The van der Waals surface area contributed by atoms with Crippen LogP contribution in [0.5, 0.6) is 0 Å². The van der Waals surface area contributed by atoms with Crippen molar-refractivity contribution < 1.29 is 9.53 Å². The predicted octanol–water partition coefficient (Wildman–Crippen LogP) is 4.43. The number of aromatic nitrogens is 4. The molecule has 9 nitrogen and oxygen atoms in total. The summed E-state index contributed by atoms with van der Waals surface area (Å²) in [5.41, 5.74) is 4.19. The van der Waals surface area contributed by atoms with E-state index in [1.54, 1.807) is 13.3 Å². The minimum absolute atomic E-state index is 0.0952. The Labute approximate surface area is 208 Å². The van der Waals surface area contributed by atoms with Gasteiger partial charge in [0.2, 0.25) is 5.91 Å². The smallest absolute Gasteiger partial charge is 0.238 e. The number of hydrogen-bond acceptors (Lipinski definition) is 7. The monoisotopic (exact) mass is 481 g/mol. The van der Waals surface area contributed by atoms with Crippen LogP contribution in [0.3, 0.4) is 0 Å². The molecule has 0 saturated heterocycles. The fourth-order valence-corrected chi connectivity index (χ4v) is 3.97. The Hall–Kier alpha value is -4.34. The van der Waals surface area contributed by atoms with Crippen LogP contribution in [-0.2, 0) is 9.53 Å². The van der Waals surface area contributed by atoms with Gasteiger partial charge in [0, 0.05) is 41.4 Å². The second kappa shape index (κ2) is 10.5. The van der Waals surface area contributed by atoms with Crippen molar-refractivity contribution >= 4 is 44.9 Å². The average Bonchev–Trinajstić information content (AvgIpc) is 3.35. The van der Waals surface area contributed by atoms with Gasteiger partial charge in [0.1, 0.15) is 5.82 Å². The van der Waals surface area contributed by atoms with E-state index in [1.807, 2.05) is 78.7 Å². The van der Waals surface area contributed by atoms with E-state index >= 15 is 0 Å². The molecule has 182 valence electrons. The highest BCUT2D eigenvalue weighted by Crippen LogP contribution is 2.29. The van der Waals surface area contributed by atoms with Crippen LogP contribution in [0.4, 0.5) is 17.2 Å². The third-order valence-corrected chi connectivity index (χ3v) is 5.80. The summed E-state index contributed by atoms with van der Waals surface area (Å²) in [6, 6.07) is 21.4. The predicted molar refractivity (Wildman–Crippen MR) is 142 cm³/mol. The number of rotatable bonds is 9. The molecule has 0 aliphatic carbocycles. The molecule has 5 rings (SSSR count). The second-order valence-electron chi connectivity index (χ2n) is 8.57. The van der Waals surface area contributed by atoms with Gasteiger partial charge in [-0.2, -0.15) is 5.10 Å². The summed E-state index contributed by atoms with van der Waals surface area (Å²) in [6.45, 7) is 1.53. The molecular weight excluding hydrogens is 454 g/mol. The summed E-state index contributed by atoms with van der Waals surface area (Å²) >= 11 is 0. The minimum atomic E-state index is -0.0952. The number of ether oxygens (including phenoxy) is 1. The number of anilines is 3. The van der Waals surface area contributed by atoms with Crippen molar-refractivity contribution in [1.82, 2.24) is 25.1 Å². The van der Waals surface area contributed by atoms with Crippen molar-refractivity contribution in [3.05, 3.63) is 72.9 Å². The number of para-hydroxylation sites is 1. The number of hydrogen-bond donors (Lipinski definition) is 3. The first-order chi connectivity index (χ1) is 17.6. The molecule has 0 radical (unpaired) electrons. The SMILES string of the molecule is COCCN(C)CC(=O)Nc1cccc(-c2nc(Nc3ccc4[nH]ncc4c3)c3ccccc3n2)c1. The quantitative estimate of drug-likeness (QED) is 0.286. The van der Waals surface area contributed by atoms with E-state index in [2.05, 4.69) is 20.8 Å². The molecule has 0 bridgehead atoms. The Balaban J connectivity index is 1.42. The summed E-state index contributed by atoms with van der Waals surface area (Å²) in [4.78, 5) is 24.1. The number of benzene rings is 3. The van der Waals surface area contributed by atoms with Crippen LogP contribution in [0.25, 0.3) is 33.2 Å². The number of H-pyrrole nitrogens is 1. The summed E-state index contributed by atoms with van der Waals surface area (Å²) < 4.78 is 5.07. The number of nitrogens with one attached hydrogen (secondary N) is 3. The lowest BCUT2D eigenvalue weighted by Gasteiger charge is -2.16. The largest absolute Gasteiger partial charge is 0.383 e. The van der Waals surface area contributed by atoms with Gasteiger partial charge in [0.25, 0.3) is 0 Å². The number of fused-ring (bicyclic) bond motifs is 2. The molecule has 9 heteroatoms. The highest BCUT2D eigenvalue weighted by atomic mass is 16.5. The molecule has 2 heterocycles. The van der Waals surface area contributed by atoms with E-state index in [4.69, 9.17) is 14.7 Å². The maximum Gasteiger partial charge on any atom is 0.238 e. The van der Waals surface area contributed by atoms with Gasteiger partial charge in [-0.1, -0.05) is 24.3 Å². The van der Waals surface area contributed by atoms with E-state index in [1.165, 1.54) is 0 Å². The summed E-state index contributed by atoms with van der Waals surface area (Å²) in [5.74, 6) is 1.17. The first kappa shape index (κ1) is 23.4. The molecule has 0 saturated carbocycles. The molecule has 0 aliphatic heterocycles. The third-order valence-electron chi connectivity index (χ3n) is 5.80. The van der Waals surface area contributed by atoms with Crippen LogP contribution >= 0.6 is 0 Å². The Morgan fingerprint density at radius 1 is 1.03 bits per heavy atom. The van der Waals surface area contributed by atoms with Crippen LogP contribution in [-0.4, -0.2) is 64.8 Å².